The van der Waals surface area contributed by atoms with E-state index in [-0.39, 0.29) is 35.5 Å². The van der Waals surface area contributed by atoms with Gasteiger partial charge >= 0.3 is 0 Å². The molecule has 3 N–H and O–H groups in total. The van der Waals surface area contributed by atoms with Crippen LogP contribution in [0.4, 0.5) is 0 Å². The summed E-state index contributed by atoms with van der Waals surface area (Å²) in [5.41, 5.74) is 0.818. The van der Waals surface area contributed by atoms with Crippen LogP contribution in [0.2, 0.25) is 5.04 Å². The van der Waals surface area contributed by atoms with E-state index in [1.807, 2.05) is 45.9 Å². The fourth-order valence-electron chi connectivity index (χ4n) is 5.72. The minimum absolute atomic E-state index is 0.0171. The molecule has 2 rings (SSSR count). The van der Waals surface area contributed by atoms with Crippen LogP contribution in [0.3, 0.4) is 0 Å². The molecule has 0 aliphatic carbocycles. The summed E-state index contributed by atoms with van der Waals surface area (Å²) in [6.45, 7) is 14.9. The van der Waals surface area contributed by atoms with E-state index >= 15 is 0 Å². The largest absolute Gasteiger partial charge is 0.407 e. The van der Waals surface area contributed by atoms with E-state index < -0.39 is 20.5 Å². The first kappa shape index (κ1) is 32.4. The Hall–Kier alpha value is -1.80. The fraction of sp³-hybridized carbons (Fsp3) is 0.562. The van der Waals surface area contributed by atoms with E-state index in [0.29, 0.717) is 13.0 Å². The smallest absolute Gasteiger partial charge is 0.261 e. The van der Waals surface area contributed by atoms with Crippen molar-refractivity contribution >= 4 is 18.7 Å². The standard InChI is InChI=1S/C32H50O5Si/c1-23(29(34)25(3)30(35)26(4)31(36-8)24(2)22-33)16-15-21-37-38(32(5,6)7,27-17-11-9-12-18-27)28-19-13-10-14-20-28/h9-14,16-20,24-26,29-31,33-35H,15,21-22H2,1-8H3/b23-16+/t24-,25+,26-,29-,30-,31+/m0/s1. The van der Waals surface area contributed by atoms with Crippen LogP contribution in [0.25, 0.3) is 0 Å². The molecule has 0 bridgehead atoms. The molecule has 2 aromatic carbocycles. The van der Waals surface area contributed by atoms with Crippen molar-refractivity contribution < 1.29 is 24.5 Å². The van der Waals surface area contributed by atoms with Gasteiger partial charge < -0.3 is 24.5 Å². The maximum Gasteiger partial charge on any atom is 0.261 e. The predicted octanol–water partition coefficient (Wildman–Crippen LogP) is 4.54. The summed E-state index contributed by atoms with van der Waals surface area (Å²) in [5, 5.41) is 34.0. The lowest BCUT2D eigenvalue weighted by Crippen LogP contribution is -2.66. The van der Waals surface area contributed by atoms with Gasteiger partial charge in [-0.25, -0.2) is 0 Å². The summed E-state index contributed by atoms with van der Waals surface area (Å²) >= 11 is 0. The topological polar surface area (TPSA) is 79.2 Å². The second-order valence-corrected chi connectivity index (χ2v) is 16.1. The van der Waals surface area contributed by atoms with Crippen molar-refractivity contribution in [1.29, 1.82) is 0 Å². The van der Waals surface area contributed by atoms with Crippen LogP contribution < -0.4 is 10.4 Å². The SMILES string of the molecule is CO[C@@H]([C@@H](C)[C@@H](O)[C@H](C)[C@@H](O)/C(C)=C/CCO[Si](c1ccccc1)(c1ccccc1)C(C)(C)C)[C@@H](C)CO. The lowest BCUT2D eigenvalue weighted by molar-refractivity contribution is -0.0738. The lowest BCUT2D eigenvalue weighted by atomic mass is 9.81. The molecule has 212 valence electrons. The number of ether oxygens (including phenoxy) is 1. The number of aliphatic hydroxyl groups is 3. The number of hydrogen-bond acceptors (Lipinski definition) is 5. The normalized spacial score (nSPS) is 17.9. The molecule has 0 unspecified atom stereocenters. The lowest BCUT2D eigenvalue weighted by Gasteiger charge is -2.43. The molecule has 0 amide bonds. The van der Waals surface area contributed by atoms with E-state index in [2.05, 4.69) is 69.3 Å². The Balaban J connectivity index is 2.19. The third-order valence-corrected chi connectivity index (χ3v) is 13.0. The number of rotatable bonds is 14. The molecule has 2 aromatic rings. The van der Waals surface area contributed by atoms with Crippen LogP contribution in [0.15, 0.2) is 72.3 Å². The van der Waals surface area contributed by atoms with Crippen LogP contribution in [-0.4, -0.2) is 62.3 Å². The van der Waals surface area contributed by atoms with Crippen LogP contribution >= 0.6 is 0 Å². The Labute approximate surface area is 231 Å². The highest BCUT2D eigenvalue weighted by molar-refractivity contribution is 6.99. The second-order valence-electron chi connectivity index (χ2n) is 11.8. The highest BCUT2D eigenvalue weighted by Crippen LogP contribution is 2.37. The first-order valence-electron chi connectivity index (χ1n) is 13.8. The van der Waals surface area contributed by atoms with Crippen LogP contribution in [0, 0.1) is 17.8 Å². The molecule has 0 spiro atoms. The molecule has 5 nitrogen and oxygen atoms in total. The zero-order valence-electron chi connectivity index (χ0n) is 24.6. The van der Waals surface area contributed by atoms with Gasteiger partial charge in [0, 0.05) is 38.1 Å². The van der Waals surface area contributed by atoms with Crippen LogP contribution in [0.1, 0.15) is 54.9 Å². The summed E-state index contributed by atoms with van der Waals surface area (Å²) in [7, 11) is -1.01. The van der Waals surface area contributed by atoms with E-state index in [9.17, 15) is 15.3 Å². The molecule has 6 heteroatoms. The number of benzene rings is 2. The summed E-state index contributed by atoms with van der Waals surface area (Å²) in [4.78, 5) is 0. The van der Waals surface area contributed by atoms with Crippen molar-refractivity contribution in [2.45, 2.75) is 78.2 Å². The van der Waals surface area contributed by atoms with Gasteiger partial charge in [-0.15, -0.1) is 0 Å². The first-order chi connectivity index (χ1) is 17.9. The summed E-state index contributed by atoms with van der Waals surface area (Å²) in [6, 6.07) is 21.2. The molecule has 0 radical (unpaired) electrons. The average Bonchev–Trinajstić information content (AvgIpc) is 2.92. The Kier molecular flexibility index (Phi) is 12.4. The maximum absolute atomic E-state index is 11.0. The third kappa shape index (κ3) is 7.43. The minimum atomic E-state index is -2.60. The maximum atomic E-state index is 11.0. The number of aliphatic hydroxyl groups excluding tert-OH is 3. The zero-order valence-corrected chi connectivity index (χ0v) is 25.6. The molecule has 0 heterocycles. The van der Waals surface area contributed by atoms with Gasteiger partial charge in [0.05, 0.1) is 18.3 Å². The van der Waals surface area contributed by atoms with Crippen molar-refractivity contribution in [3.63, 3.8) is 0 Å². The van der Waals surface area contributed by atoms with Crippen LogP contribution in [-0.2, 0) is 9.16 Å². The Morgan fingerprint density at radius 1 is 0.895 bits per heavy atom. The molecule has 0 saturated carbocycles. The molecule has 0 aliphatic rings. The van der Waals surface area contributed by atoms with Gasteiger partial charge in [-0.1, -0.05) is 108 Å². The highest BCUT2D eigenvalue weighted by atomic mass is 28.4. The molecule has 6 atom stereocenters. The van der Waals surface area contributed by atoms with Gasteiger partial charge in [-0.2, -0.15) is 0 Å². The summed E-state index contributed by atoms with van der Waals surface area (Å²) in [6.07, 6.45) is 0.825. The van der Waals surface area contributed by atoms with Gasteiger partial charge in [-0.05, 0) is 34.3 Å². The monoisotopic (exact) mass is 542 g/mol. The molecular weight excluding hydrogens is 492 g/mol. The second kappa shape index (κ2) is 14.5. The fourth-order valence-corrected chi connectivity index (χ4v) is 10.3. The molecule has 38 heavy (non-hydrogen) atoms. The summed E-state index contributed by atoms with van der Waals surface area (Å²) < 4.78 is 12.5. The van der Waals surface area contributed by atoms with Gasteiger partial charge in [0.2, 0.25) is 0 Å². The number of methoxy groups -OCH3 is 1. The predicted molar refractivity (Wildman–Crippen MR) is 159 cm³/mol. The number of hydrogen-bond donors (Lipinski definition) is 3. The van der Waals surface area contributed by atoms with E-state index in [0.717, 1.165) is 5.57 Å². The molecule has 0 aromatic heterocycles. The van der Waals surface area contributed by atoms with Gasteiger partial charge in [0.1, 0.15) is 0 Å². The van der Waals surface area contributed by atoms with Gasteiger partial charge in [0.15, 0.2) is 0 Å². The van der Waals surface area contributed by atoms with Crippen molar-refractivity contribution in [2.75, 3.05) is 20.3 Å². The van der Waals surface area contributed by atoms with E-state index in [4.69, 9.17) is 9.16 Å². The van der Waals surface area contributed by atoms with Gasteiger partial charge in [0.25, 0.3) is 8.32 Å². The van der Waals surface area contributed by atoms with E-state index in [1.165, 1.54) is 10.4 Å². The minimum Gasteiger partial charge on any atom is -0.407 e. The van der Waals surface area contributed by atoms with Gasteiger partial charge in [-0.3, -0.25) is 0 Å². The van der Waals surface area contributed by atoms with E-state index in [1.54, 1.807) is 7.11 Å². The molecular formula is C32H50O5Si. The highest BCUT2D eigenvalue weighted by Gasteiger charge is 2.50. The zero-order chi connectivity index (χ0) is 28.5. The Bertz CT molecular complexity index is 933. The molecule has 0 fully saturated rings. The van der Waals surface area contributed by atoms with Crippen molar-refractivity contribution in [3.05, 3.63) is 72.3 Å². The van der Waals surface area contributed by atoms with Crippen molar-refractivity contribution in [2.24, 2.45) is 17.8 Å². The average molecular weight is 543 g/mol. The van der Waals surface area contributed by atoms with Crippen molar-refractivity contribution in [1.82, 2.24) is 0 Å². The first-order valence-corrected chi connectivity index (χ1v) is 15.7. The van der Waals surface area contributed by atoms with Crippen molar-refractivity contribution in [3.8, 4) is 0 Å². The third-order valence-electron chi connectivity index (χ3n) is 8.00. The molecule has 0 aliphatic heterocycles. The summed E-state index contributed by atoms with van der Waals surface area (Å²) in [5.74, 6) is -0.732. The quantitative estimate of drug-likeness (QED) is 0.186. The molecule has 0 saturated heterocycles. The van der Waals surface area contributed by atoms with Crippen LogP contribution in [0.5, 0.6) is 0 Å². The Morgan fingerprint density at radius 3 is 1.82 bits per heavy atom. The Morgan fingerprint density at radius 2 is 1.39 bits per heavy atom.